The highest BCUT2D eigenvalue weighted by molar-refractivity contribution is 9.10. The lowest BCUT2D eigenvalue weighted by atomic mass is 10.2. The van der Waals surface area contributed by atoms with Crippen LogP contribution in [0.2, 0.25) is 0 Å². The number of aryl methyl sites for hydroxylation is 1. The molecule has 0 fully saturated rings. The monoisotopic (exact) mass is 391 g/mol. The number of rotatable bonds is 3. The minimum absolute atomic E-state index is 0.0759. The quantitative estimate of drug-likeness (QED) is 0.688. The summed E-state index contributed by atoms with van der Waals surface area (Å²) in [6.45, 7) is 0. The first-order chi connectivity index (χ1) is 10.9. The average molecular weight is 392 g/mol. The number of pyridine rings is 1. The van der Waals surface area contributed by atoms with Crippen LogP contribution in [0, 0.1) is 0 Å². The fraction of sp³-hybridized carbons (Fsp3) is 0.118. The van der Waals surface area contributed by atoms with Crippen molar-refractivity contribution in [2.45, 2.75) is 10.6 Å². The molecule has 6 heteroatoms. The minimum Gasteiger partial charge on any atom is -0.311 e. The number of para-hydroxylation sites is 1. The Morgan fingerprint density at radius 3 is 2.43 bits per heavy atom. The van der Waals surface area contributed by atoms with E-state index in [1.807, 2.05) is 6.07 Å². The van der Waals surface area contributed by atoms with Crippen molar-refractivity contribution in [1.29, 1.82) is 0 Å². The van der Waals surface area contributed by atoms with Crippen LogP contribution in [0.25, 0.3) is 10.9 Å². The molecule has 0 bridgehead atoms. The van der Waals surface area contributed by atoms with Crippen LogP contribution in [0.3, 0.4) is 0 Å². The van der Waals surface area contributed by atoms with Gasteiger partial charge >= 0.3 is 0 Å². The van der Waals surface area contributed by atoms with E-state index in [9.17, 15) is 13.2 Å². The van der Waals surface area contributed by atoms with Gasteiger partial charge in [-0.1, -0.05) is 52.3 Å². The van der Waals surface area contributed by atoms with Gasteiger partial charge in [-0.05, 0) is 17.7 Å². The Balaban J connectivity index is 2.22. The van der Waals surface area contributed by atoms with E-state index in [0.717, 1.165) is 4.47 Å². The molecule has 0 spiro atoms. The number of hydrogen-bond donors (Lipinski definition) is 0. The van der Waals surface area contributed by atoms with Gasteiger partial charge in [-0.3, -0.25) is 4.79 Å². The van der Waals surface area contributed by atoms with Crippen LogP contribution in [0.4, 0.5) is 0 Å². The molecule has 3 rings (SSSR count). The number of fused-ring (bicyclic) bond motifs is 1. The van der Waals surface area contributed by atoms with Crippen molar-refractivity contribution in [1.82, 2.24) is 4.57 Å². The fourth-order valence-electron chi connectivity index (χ4n) is 2.54. The molecule has 0 saturated carbocycles. The normalized spacial score (nSPS) is 11.7. The van der Waals surface area contributed by atoms with E-state index in [1.165, 1.54) is 10.6 Å². The molecule has 1 aromatic heterocycles. The molecule has 4 nitrogen and oxygen atoms in total. The van der Waals surface area contributed by atoms with Crippen molar-refractivity contribution in [2.75, 3.05) is 0 Å². The second-order valence-corrected chi connectivity index (χ2v) is 8.09. The summed E-state index contributed by atoms with van der Waals surface area (Å²) < 4.78 is 27.9. The Labute approximate surface area is 142 Å². The van der Waals surface area contributed by atoms with E-state index < -0.39 is 9.84 Å². The summed E-state index contributed by atoms with van der Waals surface area (Å²) in [6.07, 6.45) is 0. The molecule has 23 heavy (non-hydrogen) atoms. The first-order valence-electron chi connectivity index (χ1n) is 6.95. The third-order valence-electron chi connectivity index (χ3n) is 3.75. The van der Waals surface area contributed by atoms with E-state index in [4.69, 9.17) is 0 Å². The number of aromatic nitrogens is 1. The van der Waals surface area contributed by atoms with E-state index in [2.05, 4.69) is 15.9 Å². The number of sulfone groups is 1. The Hall–Kier alpha value is -1.92. The SMILES string of the molecule is Cn1c(=O)cc(S(=O)(=O)Cc2ccccc2Br)c2ccccc21. The smallest absolute Gasteiger partial charge is 0.252 e. The van der Waals surface area contributed by atoms with Crippen LogP contribution in [0.1, 0.15) is 5.56 Å². The molecule has 118 valence electrons. The fourth-order valence-corrected chi connectivity index (χ4v) is 4.75. The van der Waals surface area contributed by atoms with Crippen molar-refractivity contribution in [3.05, 3.63) is 75.0 Å². The van der Waals surface area contributed by atoms with Crippen molar-refractivity contribution >= 4 is 36.7 Å². The Morgan fingerprint density at radius 2 is 1.70 bits per heavy atom. The summed E-state index contributed by atoms with van der Waals surface area (Å²) in [6, 6.07) is 15.4. The summed E-state index contributed by atoms with van der Waals surface area (Å²) in [5, 5.41) is 0.557. The van der Waals surface area contributed by atoms with Gasteiger partial charge in [-0.25, -0.2) is 8.42 Å². The zero-order valence-electron chi connectivity index (χ0n) is 12.4. The molecule has 0 aliphatic carbocycles. The van der Waals surface area contributed by atoms with Crippen molar-refractivity contribution in [2.24, 2.45) is 7.05 Å². The maximum atomic E-state index is 12.9. The lowest BCUT2D eigenvalue weighted by Gasteiger charge is -2.11. The van der Waals surface area contributed by atoms with Crippen LogP contribution in [0.15, 0.2) is 68.8 Å². The Morgan fingerprint density at radius 1 is 1.04 bits per heavy atom. The lowest BCUT2D eigenvalue weighted by Crippen LogP contribution is -2.19. The molecule has 0 aliphatic heterocycles. The van der Waals surface area contributed by atoms with Gasteiger partial charge in [0.25, 0.3) is 5.56 Å². The van der Waals surface area contributed by atoms with Crippen LogP contribution in [0.5, 0.6) is 0 Å². The zero-order valence-corrected chi connectivity index (χ0v) is 14.8. The van der Waals surface area contributed by atoms with Crippen LogP contribution < -0.4 is 5.56 Å². The van der Waals surface area contributed by atoms with Gasteiger partial charge in [0.1, 0.15) is 0 Å². The summed E-state index contributed by atoms with van der Waals surface area (Å²) >= 11 is 3.37. The molecule has 0 radical (unpaired) electrons. The molecule has 0 saturated heterocycles. The molecule has 3 aromatic rings. The highest BCUT2D eigenvalue weighted by Crippen LogP contribution is 2.26. The third kappa shape index (κ3) is 2.96. The first kappa shape index (κ1) is 16.0. The summed E-state index contributed by atoms with van der Waals surface area (Å²) in [5.41, 5.74) is 0.928. The molecule has 2 aromatic carbocycles. The van der Waals surface area contributed by atoms with E-state index >= 15 is 0 Å². The van der Waals surface area contributed by atoms with Gasteiger partial charge < -0.3 is 4.57 Å². The lowest BCUT2D eigenvalue weighted by molar-refractivity contribution is 0.595. The largest absolute Gasteiger partial charge is 0.311 e. The second-order valence-electron chi connectivity index (χ2n) is 5.27. The molecule has 0 aliphatic rings. The number of benzene rings is 2. The van der Waals surface area contributed by atoms with Gasteiger partial charge in [0, 0.05) is 23.0 Å². The van der Waals surface area contributed by atoms with E-state index in [0.29, 0.717) is 16.5 Å². The van der Waals surface area contributed by atoms with Gasteiger partial charge in [0.05, 0.1) is 16.2 Å². The van der Waals surface area contributed by atoms with Gasteiger partial charge in [0.2, 0.25) is 0 Å². The zero-order chi connectivity index (χ0) is 16.6. The topological polar surface area (TPSA) is 56.1 Å². The summed E-state index contributed by atoms with van der Waals surface area (Å²) in [7, 11) is -2.01. The molecular formula is C17H14BrNO3S. The number of hydrogen-bond acceptors (Lipinski definition) is 3. The Bertz CT molecular complexity index is 1050. The third-order valence-corrected chi connectivity index (χ3v) is 6.23. The predicted molar refractivity (Wildman–Crippen MR) is 94.2 cm³/mol. The predicted octanol–water partition coefficient (Wildman–Crippen LogP) is 3.27. The number of nitrogens with zero attached hydrogens (tertiary/aromatic N) is 1. The van der Waals surface area contributed by atoms with E-state index in [-0.39, 0.29) is 16.2 Å². The average Bonchev–Trinajstić information content (AvgIpc) is 2.53. The first-order valence-corrected chi connectivity index (χ1v) is 9.39. The maximum Gasteiger partial charge on any atom is 0.252 e. The highest BCUT2D eigenvalue weighted by atomic mass is 79.9. The summed E-state index contributed by atoms with van der Waals surface area (Å²) in [5.74, 6) is -0.161. The molecule has 1 heterocycles. The van der Waals surface area contributed by atoms with Crippen LogP contribution in [-0.4, -0.2) is 13.0 Å². The molecular weight excluding hydrogens is 378 g/mol. The van der Waals surface area contributed by atoms with Crippen molar-refractivity contribution in [3.8, 4) is 0 Å². The highest BCUT2D eigenvalue weighted by Gasteiger charge is 2.21. The van der Waals surface area contributed by atoms with Crippen molar-refractivity contribution < 1.29 is 8.42 Å². The summed E-state index contributed by atoms with van der Waals surface area (Å²) in [4.78, 5) is 12.2. The van der Waals surface area contributed by atoms with Gasteiger partial charge in [0.15, 0.2) is 9.84 Å². The minimum atomic E-state index is -3.65. The Kier molecular flexibility index (Phi) is 4.12. The van der Waals surface area contributed by atoms with Crippen LogP contribution in [-0.2, 0) is 22.6 Å². The molecule has 0 amide bonds. The van der Waals surface area contributed by atoms with Gasteiger partial charge in [-0.2, -0.15) is 0 Å². The molecule has 0 atom stereocenters. The van der Waals surface area contributed by atoms with Gasteiger partial charge in [-0.15, -0.1) is 0 Å². The van der Waals surface area contributed by atoms with E-state index in [1.54, 1.807) is 49.5 Å². The van der Waals surface area contributed by atoms with Crippen LogP contribution >= 0.6 is 15.9 Å². The second kappa shape index (κ2) is 5.94. The molecule has 0 unspecified atom stereocenters. The maximum absolute atomic E-state index is 12.9. The standard InChI is InChI=1S/C17H14BrNO3S/c1-19-15-9-5-3-7-13(15)16(10-17(19)20)23(21,22)11-12-6-2-4-8-14(12)18/h2-10H,11H2,1H3. The molecule has 0 N–H and O–H groups in total. The number of halogens is 1. The van der Waals surface area contributed by atoms with Crippen molar-refractivity contribution in [3.63, 3.8) is 0 Å².